The first-order valence-electron chi connectivity index (χ1n) is 9.98. The summed E-state index contributed by atoms with van der Waals surface area (Å²) < 4.78 is 23.1. The lowest BCUT2D eigenvalue weighted by Gasteiger charge is -2.43. The SMILES string of the molecule is C/C=C(\C)C(=O)OC1c2c(ccc3ccc(=O)oc23)OC(C)(C)C1OC(=O)C=C(C)C. The minimum Gasteiger partial charge on any atom is -0.483 e. The van der Waals surface area contributed by atoms with Crippen LogP contribution >= 0.6 is 0 Å². The molecular weight excluding hydrogens is 400 g/mol. The fourth-order valence-corrected chi connectivity index (χ4v) is 3.40. The number of allylic oxidation sites excluding steroid dienone is 2. The first-order chi connectivity index (χ1) is 14.5. The van der Waals surface area contributed by atoms with E-state index in [1.807, 2.05) is 0 Å². The van der Waals surface area contributed by atoms with Gasteiger partial charge in [-0.15, -0.1) is 0 Å². The van der Waals surface area contributed by atoms with Gasteiger partial charge in [-0.3, -0.25) is 0 Å². The minimum absolute atomic E-state index is 0.222. The van der Waals surface area contributed by atoms with Crippen LogP contribution in [0.3, 0.4) is 0 Å². The fraction of sp³-hybridized carbons (Fsp3) is 0.375. The molecule has 1 aliphatic heterocycles. The van der Waals surface area contributed by atoms with E-state index in [9.17, 15) is 14.4 Å². The smallest absolute Gasteiger partial charge is 0.336 e. The molecule has 2 aromatic rings. The van der Waals surface area contributed by atoms with E-state index in [0.29, 0.717) is 22.3 Å². The number of benzene rings is 1. The number of hydrogen-bond acceptors (Lipinski definition) is 7. The summed E-state index contributed by atoms with van der Waals surface area (Å²) in [5.74, 6) is -0.775. The van der Waals surface area contributed by atoms with Gasteiger partial charge >= 0.3 is 17.6 Å². The Bertz CT molecular complexity index is 1150. The third-order valence-corrected chi connectivity index (χ3v) is 5.04. The maximum absolute atomic E-state index is 12.7. The van der Waals surface area contributed by atoms with Gasteiger partial charge in [0.15, 0.2) is 12.2 Å². The van der Waals surface area contributed by atoms with Gasteiger partial charge in [-0.2, -0.15) is 0 Å². The van der Waals surface area contributed by atoms with Gasteiger partial charge in [0.05, 0.1) is 5.56 Å². The summed E-state index contributed by atoms with van der Waals surface area (Å²) in [6.07, 6.45) is 0.934. The van der Waals surface area contributed by atoms with Crippen LogP contribution < -0.4 is 10.4 Å². The molecule has 0 fully saturated rings. The van der Waals surface area contributed by atoms with Gasteiger partial charge in [-0.25, -0.2) is 14.4 Å². The quantitative estimate of drug-likeness (QED) is 0.407. The van der Waals surface area contributed by atoms with Crippen molar-refractivity contribution < 1.29 is 28.2 Å². The number of rotatable bonds is 4. The summed E-state index contributed by atoms with van der Waals surface area (Å²) in [4.78, 5) is 37.1. The van der Waals surface area contributed by atoms with Crippen LogP contribution in [-0.2, 0) is 19.1 Å². The molecule has 1 aromatic heterocycles. The Kier molecular flexibility index (Phi) is 6.06. The first-order valence-corrected chi connectivity index (χ1v) is 9.98. The Hall–Kier alpha value is -3.35. The van der Waals surface area contributed by atoms with Gasteiger partial charge in [0.25, 0.3) is 0 Å². The normalized spacial score (nSPS) is 19.7. The zero-order valence-corrected chi connectivity index (χ0v) is 18.5. The maximum Gasteiger partial charge on any atom is 0.336 e. The van der Waals surface area contributed by atoms with E-state index in [-0.39, 0.29) is 5.58 Å². The molecule has 1 aliphatic rings. The molecule has 0 saturated carbocycles. The van der Waals surface area contributed by atoms with Crippen molar-refractivity contribution in [3.63, 3.8) is 0 Å². The van der Waals surface area contributed by atoms with Crippen LogP contribution in [0.1, 0.15) is 53.2 Å². The standard InChI is InChI=1S/C24H26O7/c1-7-14(4)23(27)30-21-19-16(10-8-15-9-11-17(25)28-20(15)19)31-24(5,6)22(21)29-18(26)12-13(2)3/h7-12,21-22H,1-6H3/b14-7+. The Morgan fingerprint density at radius 1 is 1.06 bits per heavy atom. The van der Waals surface area contributed by atoms with Gasteiger partial charge in [0, 0.05) is 23.1 Å². The number of ether oxygens (including phenoxy) is 3. The number of carbonyl (C=O) groups is 2. The molecule has 0 spiro atoms. The molecule has 0 bridgehead atoms. The van der Waals surface area contributed by atoms with Gasteiger partial charge in [-0.1, -0.05) is 11.6 Å². The van der Waals surface area contributed by atoms with E-state index in [0.717, 1.165) is 5.57 Å². The molecule has 3 rings (SSSR count). The van der Waals surface area contributed by atoms with Gasteiger partial charge < -0.3 is 18.6 Å². The lowest BCUT2D eigenvalue weighted by molar-refractivity contribution is -0.185. The summed E-state index contributed by atoms with van der Waals surface area (Å²) in [5, 5.41) is 0.625. The molecule has 2 unspecified atom stereocenters. The summed E-state index contributed by atoms with van der Waals surface area (Å²) >= 11 is 0. The van der Waals surface area contributed by atoms with Gasteiger partial charge in [0.2, 0.25) is 0 Å². The monoisotopic (exact) mass is 426 g/mol. The Labute approximate surface area is 180 Å². The van der Waals surface area contributed by atoms with Gasteiger partial charge in [0.1, 0.15) is 16.9 Å². The van der Waals surface area contributed by atoms with Crippen LogP contribution in [0.25, 0.3) is 11.0 Å². The predicted octanol–water partition coefficient (Wildman–Crippen LogP) is 4.39. The predicted molar refractivity (Wildman–Crippen MR) is 115 cm³/mol. The molecule has 7 heteroatoms. The second-order valence-corrected chi connectivity index (χ2v) is 8.23. The molecule has 0 saturated heterocycles. The average Bonchev–Trinajstić information content (AvgIpc) is 2.68. The maximum atomic E-state index is 12.7. The second kappa shape index (κ2) is 8.41. The molecule has 0 radical (unpaired) electrons. The van der Waals surface area contributed by atoms with Crippen molar-refractivity contribution in [1.82, 2.24) is 0 Å². The van der Waals surface area contributed by atoms with E-state index in [1.54, 1.807) is 65.8 Å². The number of carbonyl (C=O) groups excluding carboxylic acids is 2. The van der Waals surface area contributed by atoms with Crippen molar-refractivity contribution in [2.75, 3.05) is 0 Å². The van der Waals surface area contributed by atoms with Crippen LogP contribution in [0.4, 0.5) is 0 Å². The van der Waals surface area contributed by atoms with E-state index >= 15 is 0 Å². The number of fused-ring (bicyclic) bond motifs is 3. The van der Waals surface area contributed by atoms with Gasteiger partial charge in [-0.05, 0) is 59.7 Å². The van der Waals surface area contributed by atoms with Crippen molar-refractivity contribution >= 4 is 22.9 Å². The van der Waals surface area contributed by atoms with E-state index in [2.05, 4.69) is 0 Å². The third-order valence-electron chi connectivity index (χ3n) is 5.04. The van der Waals surface area contributed by atoms with Crippen LogP contribution in [0.5, 0.6) is 5.75 Å². The summed E-state index contributed by atoms with van der Waals surface area (Å²) in [6, 6.07) is 6.39. The number of esters is 2. The highest BCUT2D eigenvalue weighted by atomic mass is 16.6. The van der Waals surface area contributed by atoms with E-state index in [1.165, 1.54) is 12.1 Å². The lowest BCUT2D eigenvalue weighted by Crippen LogP contribution is -2.52. The van der Waals surface area contributed by atoms with Crippen LogP contribution in [-0.4, -0.2) is 23.6 Å². The fourth-order valence-electron chi connectivity index (χ4n) is 3.40. The van der Waals surface area contributed by atoms with E-state index < -0.39 is 35.4 Å². The molecule has 0 aliphatic carbocycles. The third kappa shape index (κ3) is 4.55. The zero-order chi connectivity index (χ0) is 22.9. The molecule has 7 nitrogen and oxygen atoms in total. The average molecular weight is 426 g/mol. The topological polar surface area (TPSA) is 92.0 Å². The highest BCUT2D eigenvalue weighted by molar-refractivity contribution is 5.89. The summed E-state index contributed by atoms with van der Waals surface area (Å²) in [6.45, 7) is 10.4. The molecule has 0 amide bonds. The largest absolute Gasteiger partial charge is 0.483 e. The number of hydrogen-bond donors (Lipinski definition) is 0. The van der Waals surface area contributed by atoms with Crippen molar-refractivity contribution in [3.05, 3.63) is 63.5 Å². The van der Waals surface area contributed by atoms with Crippen LogP contribution in [0.15, 0.2) is 56.8 Å². The molecule has 2 heterocycles. The Balaban J connectivity index is 2.22. The lowest BCUT2D eigenvalue weighted by atomic mass is 9.87. The highest BCUT2D eigenvalue weighted by Crippen LogP contribution is 2.46. The molecule has 0 N–H and O–H groups in total. The molecule has 1 aromatic carbocycles. The first kappa shape index (κ1) is 22.3. The summed E-state index contributed by atoms with van der Waals surface area (Å²) in [5.41, 5.74) is 0.131. The van der Waals surface area contributed by atoms with E-state index in [4.69, 9.17) is 18.6 Å². The summed E-state index contributed by atoms with van der Waals surface area (Å²) in [7, 11) is 0. The molecule has 164 valence electrons. The highest BCUT2D eigenvalue weighted by Gasteiger charge is 2.50. The van der Waals surface area contributed by atoms with Crippen molar-refractivity contribution in [3.8, 4) is 5.75 Å². The second-order valence-electron chi connectivity index (χ2n) is 8.23. The zero-order valence-electron chi connectivity index (χ0n) is 18.5. The molecule has 2 atom stereocenters. The Morgan fingerprint density at radius 2 is 1.74 bits per heavy atom. The Morgan fingerprint density at radius 3 is 2.39 bits per heavy atom. The van der Waals surface area contributed by atoms with Crippen molar-refractivity contribution in [2.45, 2.75) is 59.4 Å². The van der Waals surface area contributed by atoms with Crippen molar-refractivity contribution in [1.29, 1.82) is 0 Å². The van der Waals surface area contributed by atoms with Crippen LogP contribution in [0, 0.1) is 0 Å². The minimum atomic E-state index is -1.05. The molecular formula is C24H26O7. The molecule has 31 heavy (non-hydrogen) atoms. The van der Waals surface area contributed by atoms with Crippen LogP contribution in [0.2, 0.25) is 0 Å². The van der Waals surface area contributed by atoms with Crippen molar-refractivity contribution in [2.24, 2.45) is 0 Å².